The van der Waals surface area contributed by atoms with Gasteiger partial charge in [0.05, 0.1) is 6.42 Å². The summed E-state index contributed by atoms with van der Waals surface area (Å²) in [6, 6.07) is 6.49. The lowest BCUT2D eigenvalue weighted by Gasteiger charge is -2.15. The Kier molecular flexibility index (Phi) is 4.97. The van der Waals surface area contributed by atoms with Gasteiger partial charge in [0.15, 0.2) is 0 Å². The van der Waals surface area contributed by atoms with Crippen LogP contribution < -0.4 is 5.32 Å². The van der Waals surface area contributed by atoms with Gasteiger partial charge in [0.2, 0.25) is 5.91 Å². The predicted octanol–water partition coefficient (Wildman–Crippen LogP) is 2.00. The molecule has 19 heavy (non-hydrogen) atoms. The van der Waals surface area contributed by atoms with E-state index < -0.39 is 0 Å². The first-order valence-electron chi connectivity index (χ1n) is 7.23. The molecule has 0 aliphatic heterocycles. The van der Waals surface area contributed by atoms with Crippen molar-refractivity contribution in [1.29, 1.82) is 0 Å². The lowest BCUT2D eigenvalue weighted by Crippen LogP contribution is -2.36. The minimum Gasteiger partial charge on any atom is -0.396 e. The van der Waals surface area contributed by atoms with Crippen LogP contribution in [0.25, 0.3) is 0 Å². The number of fused-ring (bicyclic) bond motifs is 1. The van der Waals surface area contributed by atoms with Gasteiger partial charge in [-0.3, -0.25) is 4.79 Å². The van der Waals surface area contributed by atoms with Crippen LogP contribution >= 0.6 is 0 Å². The summed E-state index contributed by atoms with van der Waals surface area (Å²) < 4.78 is 0. The highest BCUT2D eigenvalue weighted by atomic mass is 16.3. The summed E-state index contributed by atoms with van der Waals surface area (Å²) in [6.45, 7) is 2.15. The van der Waals surface area contributed by atoms with Crippen molar-refractivity contribution in [3.63, 3.8) is 0 Å². The standard InChI is InChI=1S/C16H23NO2/c1-2-15(8-9-18)17-16(19)11-12-6-7-13-4-3-5-14(13)10-12/h6-7,10,15,18H,2-5,8-9,11H2,1H3,(H,17,19). The Morgan fingerprint density at radius 1 is 1.37 bits per heavy atom. The van der Waals surface area contributed by atoms with Crippen LogP contribution in [0.3, 0.4) is 0 Å². The maximum Gasteiger partial charge on any atom is 0.224 e. The molecule has 0 saturated heterocycles. The summed E-state index contributed by atoms with van der Waals surface area (Å²) in [4.78, 5) is 12.0. The molecule has 1 amide bonds. The van der Waals surface area contributed by atoms with Crippen LogP contribution in [0.2, 0.25) is 0 Å². The van der Waals surface area contributed by atoms with Crippen molar-refractivity contribution < 1.29 is 9.90 Å². The van der Waals surface area contributed by atoms with Gasteiger partial charge in [-0.2, -0.15) is 0 Å². The van der Waals surface area contributed by atoms with Gasteiger partial charge < -0.3 is 10.4 Å². The van der Waals surface area contributed by atoms with Crippen molar-refractivity contribution in [2.45, 2.75) is 51.5 Å². The van der Waals surface area contributed by atoms with Crippen LogP contribution in [0.1, 0.15) is 42.9 Å². The van der Waals surface area contributed by atoms with Gasteiger partial charge in [0.25, 0.3) is 0 Å². The average Bonchev–Trinajstić information content (AvgIpc) is 2.85. The number of rotatable bonds is 6. The summed E-state index contributed by atoms with van der Waals surface area (Å²) in [7, 11) is 0. The lowest BCUT2D eigenvalue weighted by atomic mass is 10.0. The fraction of sp³-hybridized carbons (Fsp3) is 0.562. The van der Waals surface area contributed by atoms with Gasteiger partial charge in [0.1, 0.15) is 0 Å². The Labute approximate surface area is 115 Å². The summed E-state index contributed by atoms with van der Waals surface area (Å²) in [5, 5.41) is 11.9. The van der Waals surface area contributed by atoms with Crippen LogP contribution in [0.4, 0.5) is 0 Å². The first-order chi connectivity index (χ1) is 9.22. The summed E-state index contributed by atoms with van der Waals surface area (Å²) in [5.41, 5.74) is 3.94. The summed E-state index contributed by atoms with van der Waals surface area (Å²) in [5.74, 6) is 0.0539. The van der Waals surface area contributed by atoms with Crippen molar-refractivity contribution in [3.05, 3.63) is 34.9 Å². The van der Waals surface area contributed by atoms with E-state index in [4.69, 9.17) is 5.11 Å². The average molecular weight is 261 g/mol. The molecule has 0 fully saturated rings. The van der Waals surface area contributed by atoms with E-state index in [1.54, 1.807) is 0 Å². The van der Waals surface area contributed by atoms with E-state index >= 15 is 0 Å². The molecular formula is C16H23NO2. The zero-order chi connectivity index (χ0) is 13.7. The number of aliphatic hydroxyl groups is 1. The topological polar surface area (TPSA) is 49.3 Å². The first kappa shape index (κ1) is 14.1. The van der Waals surface area contributed by atoms with Crippen molar-refractivity contribution in [2.24, 2.45) is 0 Å². The van der Waals surface area contributed by atoms with Crippen LogP contribution in [-0.2, 0) is 24.1 Å². The number of hydrogen-bond acceptors (Lipinski definition) is 2. The van der Waals surface area contributed by atoms with E-state index in [0.29, 0.717) is 12.8 Å². The first-order valence-corrected chi connectivity index (χ1v) is 7.23. The Morgan fingerprint density at radius 3 is 2.89 bits per heavy atom. The highest BCUT2D eigenvalue weighted by Gasteiger charge is 2.13. The minimum absolute atomic E-state index is 0.0539. The van der Waals surface area contributed by atoms with Gasteiger partial charge in [-0.05, 0) is 48.8 Å². The molecule has 1 aliphatic rings. The molecule has 3 heteroatoms. The summed E-state index contributed by atoms with van der Waals surface area (Å²) in [6.07, 6.45) is 5.49. The molecule has 0 saturated carbocycles. The van der Waals surface area contributed by atoms with Gasteiger partial charge in [-0.25, -0.2) is 0 Å². The zero-order valence-electron chi connectivity index (χ0n) is 11.6. The number of amides is 1. The molecule has 0 radical (unpaired) electrons. The summed E-state index contributed by atoms with van der Waals surface area (Å²) >= 11 is 0. The molecular weight excluding hydrogens is 238 g/mol. The Morgan fingerprint density at radius 2 is 2.16 bits per heavy atom. The maximum atomic E-state index is 12.0. The largest absolute Gasteiger partial charge is 0.396 e. The number of carbonyl (C=O) groups is 1. The van der Waals surface area contributed by atoms with E-state index in [1.165, 1.54) is 24.0 Å². The second-order valence-corrected chi connectivity index (χ2v) is 5.32. The number of benzene rings is 1. The molecule has 1 atom stereocenters. The highest BCUT2D eigenvalue weighted by molar-refractivity contribution is 5.79. The molecule has 1 aromatic carbocycles. The number of hydrogen-bond donors (Lipinski definition) is 2. The fourth-order valence-corrected chi connectivity index (χ4v) is 2.73. The van der Waals surface area contributed by atoms with E-state index in [0.717, 1.165) is 18.4 Å². The van der Waals surface area contributed by atoms with E-state index in [1.807, 2.05) is 6.92 Å². The van der Waals surface area contributed by atoms with E-state index in [-0.39, 0.29) is 18.6 Å². The quantitative estimate of drug-likeness (QED) is 0.823. The smallest absolute Gasteiger partial charge is 0.224 e. The Bertz CT molecular complexity index is 442. The Hall–Kier alpha value is -1.35. The van der Waals surface area contributed by atoms with Gasteiger partial charge in [0, 0.05) is 12.6 Å². The van der Waals surface area contributed by atoms with Crippen molar-refractivity contribution in [3.8, 4) is 0 Å². The van der Waals surface area contributed by atoms with Crippen LogP contribution in [0.5, 0.6) is 0 Å². The normalized spacial score (nSPS) is 15.1. The van der Waals surface area contributed by atoms with E-state index in [2.05, 4.69) is 23.5 Å². The molecule has 3 nitrogen and oxygen atoms in total. The molecule has 0 spiro atoms. The van der Waals surface area contributed by atoms with Crippen LogP contribution in [0, 0.1) is 0 Å². The second kappa shape index (κ2) is 6.71. The third-order valence-electron chi connectivity index (χ3n) is 3.86. The number of aryl methyl sites for hydroxylation is 2. The monoisotopic (exact) mass is 261 g/mol. The SMILES string of the molecule is CCC(CCO)NC(=O)Cc1ccc2c(c1)CCC2. The molecule has 1 aromatic rings. The third kappa shape index (κ3) is 3.80. The lowest BCUT2D eigenvalue weighted by molar-refractivity contribution is -0.121. The number of aliphatic hydroxyl groups excluding tert-OH is 1. The fourth-order valence-electron chi connectivity index (χ4n) is 2.73. The van der Waals surface area contributed by atoms with Gasteiger partial charge in [-0.1, -0.05) is 25.1 Å². The van der Waals surface area contributed by atoms with Crippen LogP contribution in [-0.4, -0.2) is 23.7 Å². The van der Waals surface area contributed by atoms with Crippen molar-refractivity contribution >= 4 is 5.91 Å². The molecule has 0 aromatic heterocycles. The predicted molar refractivity (Wildman–Crippen MR) is 76.1 cm³/mol. The van der Waals surface area contributed by atoms with Crippen LogP contribution in [0.15, 0.2) is 18.2 Å². The molecule has 2 N–H and O–H groups in total. The number of carbonyl (C=O) groups excluding carboxylic acids is 1. The molecule has 104 valence electrons. The third-order valence-corrected chi connectivity index (χ3v) is 3.86. The van der Waals surface area contributed by atoms with E-state index in [9.17, 15) is 4.79 Å². The molecule has 1 unspecified atom stereocenters. The number of nitrogens with one attached hydrogen (secondary N) is 1. The Balaban J connectivity index is 1.91. The van der Waals surface area contributed by atoms with Crippen molar-refractivity contribution in [2.75, 3.05) is 6.61 Å². The van der Waals surface area contributed by atoms with Crippen molar-refractivity contribution in [1.82, 2.24) is 5.32 Å². The molecule has 0 bridgehead atoms. The molecule has 0 heterocycles. The van der Waals surface area contributed by atoms with Gasteiger partial charge >= 0.3 is 0 Å². The van der Waals surface area contributed by atoms with Gasteiger partial charge in [-0.15, -0.1) is 0 Å². The molecule has 1 aliphatic carbocycles. The minimum atomic E-state index is 0.0539. The zero-order valence-corrected chi connectivity index (χ0v) is 11.6. The second-order valence-electron chi connectivity index (χ2n) is 5.32. The maximum absolute atomic E-state index is 12.0. The molecule has 2 rings (SSSR count). The highest BCUT2D eigenvalue weighted by Crippen LogP contribution is 2.22.